The van der Waals surface area contributed by atoms with Crippen molar-refractivity contribution in [2.45, 2.75) is 26.9 Å². The summed E-state index contributed by atoms with van der Waals surface area (Å²) in [4.78, 5) is 0. The lowest BCUT2D eigenvalue weighted by Crippen LogP contribution is -2.17. The molecular weight excluding hydrogens is 383 g/mol. The standard InChI is InChI=1S/C28H27OP/c1-21-19-22(2)27(23(3)20-21)28(24-13-7-4-8-14-24)29-30(25-15-9-5-10-16-25)26-17-11-6-12-18-26/h4-20,28H,1-3H3. The van der Waals surface area contributed by atoms with Gasteiger partial charge in [-0.1, -0.05) is 109 Å². The molecule has 0 aliphatic heterocycles. The molecule has 0 heterocycles. The van der Waals surface area contributed by atoms with Gasteiger partial charge in [0, 0.05) is 10.6 Å². The fourth-order valence-corrected chi connectivity index (χ4v) is 5.88. The highest BCUT2D eigenvalue weighted by molar-refractivity contribution is 7.68. The van der Waals surface area contributed by atoms with E-state index in [1.54, 1.807) is 0 Å². The first-order chi connectivity index (χ1) is 14.6. The Labute approximate surface area is 181 Å². The summed E-state index contributed by atoms with van der Waals surface area (Å²) in [7, 11) is -0.970. The van der Waals surface area contributed by atoms with Crippen LogP contribution in [-0.4, -0.2) is 0 Å². The van der Waals surface area contributed by atoms with Crippen LogP contribution in [0.4, 0.5) is 0 Å². The molecule has 4 rings (SSSR count). The van der Waals surface area contributed by atoms with Crippen LogP contribution in [0.2, 0.25) is 0 Å². The third-order valence-electron chi connectivity index (χ3n) is 5.29. The van der Waals surface area contributed by atoms with Gasteiger partial charge in [-0.15, -0.1) is 0 Å². The Balaban J connectivity index is 1.85. The number of aryl methyl sites for hydroxylation is 3. The van der Waals surface area contributed by atoms with Crippen LogP contribution in [0.15, 0.2) is 103 Å². The summed E-state index contributed by atoms with van der Waals surface area (Å²) >= 11 is 0. The van der Waals surface area contributed by atoms with Gasteiger partial charge in [-0.2, -0.15) is 0 Å². The van der Waals surface area contributed by atoms with Gasteiger partial charge in [-0.25, -0.2) is 0 Å². The maximum Gasteiger partial charge on any atom is 0.113 e. The minimum atomic E-state index is -0.970. The Bertz CT molecular complexity index is 1030. The second kappa shape index (κ2) is 9.39. The smallest absolute Gasteiger partial charge is 0.113 e. The Hall–Kier alpha value is -2.73. The van der Waals surface area contributed by atoms with E-state index in [1.165, 1.54) is 38.4 Å². The monoisotopic (exact) mass is 410 g/mol. The molecule has 150 valence electrons. The minimum Gasteiger partial charge on any atom is -0.337 e. The summed E-state index contributed by atoms with van der Waals surface area (Å²) in [6, 6.07) is 36.3. The quantitative estimate of drug-likeness (QED) is 0.319. The molecule has 2 heteroatoms. The average Bonchev–Trinajstić information content (AvgIpc) is 2.77. The summed E-state index contributed by atoms with van der Waals surface area (Å²) in [5, 5.41) is 2.45. The molecule has 0 aliphatic rings. The SMILES string of the molecule is Cc1cc(C)c(C(OP(c2ccccc2)c2ccccc2)c2ccccc2)c(C)c1. The van der Waals surface area contributed by atoms with Gasteiger partial charge in [0.25, 0.3) is 0 Å². The van der Waals surface area contributed by atoms with Crippen molar-refractivity contribution in [3.05, 3.63) is 131 Å². The van der Waals surface area contributed by atoms with Gasteiger partial charge < -0.3 is 4.52 Å². The molecule has 0 amide bonds. The van der Waals surface area contributed by atoms with E-state index in [2.05, 4.69) is 124 Å². The normalized spacial score (nSPS) is 12.1. The van der Waals surface area contributed by atoms with Crippen LogP contribution in [0, 0.1) is 20.8 Å². The Morgan fingerprint density at radius 2 is 1.03 bits per heavy atom. The summed E-state index contributed by atoms with van der Waals surface area (Å²) in [6.07, 6.45) is -0.127. The van der Waals surface area contributed by atoms with Gasteiger partial charge >= 0.3 is 0 Å². The second-order valence-electron chi connectivity index (χ2n) is 7.67. The lowest BCUT2D eigenvalue weighted by Gasteiger charge is -2.28. The van der Waals surface area contributed by atoms with Gasteiger partial charge in [0.05, 0.1) is 8.15 Å². The lowest BCUT2D eigenvalue weighted by atomic mass is 9.92. The summed E-state index contributed by atoms with van der Waals surface area (Å²) < 4.78 is 7.06. The second-order valence-corrected chi connectivity index (χ2v) is 9.51. The fourth-order valence-electron chi connectivity index (χ4n) is 4.02. The van der Waals surface area contributed by atoms with Crippen LogP contribution in [0.5, 0.6) is 0 Å². The van der Waals surface area contributed by atoms with Crippen LogP contribution in [-0.2, 0) is 4.52 Å². The highest BCUT2D eigenvalue weighted by Gasteiger charge is 2.25. The maximum atomic E-state index is 7.06. The van der Waals surface area contributed by atoms with Crippen LogP contribution < -0.4 is 10.6 Å². The molecule has 1 atom stereocenters. The molecule has 0 spiro atoms. The minimum absolute atomic E-state index is 0.127. The van der Waals surface area contributed by atoms with E-state index >= 15 is 0 Å². The van der Waals surface area contributed by atoms with Crippen LogP contribution >= 0.6 is 8.15 Å². The van der Waals surface area contributed by atoms with Crippen LogP contribution in [0.25, 0.3) is 0 Å². The molecule has 30 heavy (non-hydrogen) atoms. The average molecular weight is 410 g/mol. The van der Waals surface area contributed by atoms with Gasteiger partial charge in [-0.05, 0) is 43.0 Å². The topological polar surface area (TPSA) is 9.23 Å². The first kappa shape index (κ1) is 20.5. The molecule has 0 aromatic heterocycles. The Kier molecular flexibility index (Phi) is 6.43. The molecule has 0 bridgehead atoms. The van der Waals surface area contributed by atoms with E-state index < -0.39 is 8.15 Å². The van der Waals surface area contributed by atoms with E-state index in [0.29, 0.717) is 0 Å². The predicted octanol–water partition coefficient (Wildman–Crippen LogP) is 6.77. The zero-order valence-electron chi connectivity index (χ0n) is 17.7. The van der Waals surface area contributed by atoms with Crippen molar-refractivity contribution >= 4 is 18.8 Å². The zero-order chi connectivity index (χ0) is 20.9. The summed E-state index contributed by atoms with van der Waals surface area (Å²) in [5.74, 6) is 0. The third kappa shape index (κ3) is 4.54. The van der Waals surface area contributed by atoms with Gasteiger partial charge in [0.15, 0.2) is 0 Å². The number of hydrogen-bond acceptors (Lipinski definition) is 1. The number of benzene rings is 4. The molecule has 1 nitrogen and oxygen atoms in total. The van der Waals surface area contributed by atoms with E-state index in [4.69, 9.17) is 4.52 Å². The van der Waals surface area contributed by atoms with Crippen molar-refractivity contribution in [2.24, 2.45) is 0 Å². The Morgan fingerprint density at radius 3 is 1.50 bits per heavy atom. The van der Waals surface area contributed by atoms with Crippen LogP contribution in [0.1, 0.15) is 33.9 Å². The van der Waals surface area contributed by atoms with Crippen molar-refractivity contribution in [3.63, 3.8) is 0 Å². The van der Waals surface area contributed by atoms with Crippen molar-refractivity contribution in [1.82, 2.24) is 0 Å². The lowest BCUT2D eigenvalue weighted by molar-refractivity contribution is 0.282. The number of rotatable bonds is 6. The molecule has 0 aliphatic carbocycles. The Morgan fingerprint density at radius 1 is 0.600 bits per heavy atom. The highest BCUT2D eigenvalue weighted by atomic mass is 31.1. The van der Waals surface area contributed by atoms with Gasteiger partial charge in [0.2, 0.25) is 0 Å². The highest BCUT2D eigenvalue weighted by Crippen LogP contribution is 2.45. The van der Waals surface area contributed by atoms with Gasteiger partial charge in [-0.3, -0.25) is 0 Å². The fraction of sp³-hybridized carbons (Fsp3) is 0.143. The van der Waals surface area contributed by atoms with Crippen molar-refractivity contribution in [2.75, 3.05) is 0 Å². The molecule has 0 saturated heterocycles. The summed E-state index contributed by atoms with van der Waals surface area (Å²) in [6.45, 7) is 6.55. The molecule has 0 fully saturated rings. The van der Waals surface area contributed by atoms with Crippen molar-refractivity contribution in [3.8, 4) is 0 Å². The molecule has 0 saturated carbocycles. The van der Waals surface area contributed by atoms with E-state index in [1.807, 2.05) is 0 Å². The molecule has 0 N–H and O–H groups in total. The summed E-state index contributed by atoms with van der Waals surface area (Å²) in [5.41, 5.74) is 6.29. The van der Waals surface area contributed by atoms with E-state index in [0.717, 1.165) is 0 Å². The largest absolute Gasteiger partial charge is 0.337 e. The van der Waals surface area contributed by atoms with E-state index in [9.17, 15) is 0 Å². The van der Waals surface area contributed by atoms with E-state index in [-0.39, 0.29) is 6.10 Å². The predicted molar refractivity (Wildman–Crippen MR) is 129 cm³/mol. The number of hydrogen-bond donors (Lipinski definition) is 0. The molecule has 4 aromatic rings. The molecular formula is C28H27OP. The first-order valence-electron chi connectivity index (χ1n) is 10.3. The zero-order valence-corrected chi connectivity index (χ0v) is 18.6. The third-order valence-corrected chi connectivity index (χ3v) is 7.25. The van der Waals surface area contributed by atoms with Crippen molar-refractivity contribution < 1.29 is 4.52 Å². The van der Waals surface area contributed by atoms with Crippen LogP contribution in [0.3, 0.4) is 0 Å². The van der Waals surface area contributed by atoms with Gasteiger partial charge in [0.1, 0.15) is 6.10 Å². The maximum absolute atomic E-state index is 7.06. The molecule has 4 aromatic carbocycles. The molecule has 1 unspecified atom stereocenters. The van der Waals surface area contributed by atoms with Crippen molar-refractivity contribution in [1.29, 1.82) is 0 Å². The first-order valence-corrected chi connectivity index (χ1v) is 11.6. The molecule has 0 radical (unpaired) electrons.